The van der Waals surface area contributed by atoms with Gasteiger partial charge in [0.2, 0.25) is 31.9 Å². The minimum absolute atomic E-state index is 0.0106. The molecule has 63 heavy (non-hydrogen) atoms. The first-order valence-corrected chi connectivity index (χ1v) is 25.6. The largest absolute Gasteiger partial charge is 0.398 e. The third-order valence-electron chi connectivity index (χ3n) is 16.9. The van der Waals surface area contributed by atoms with Gasteiger partial charge in [-0.1, -0.05) is 31.2 Å². The van der Waals surface area contributed by atoms with Gasteiger partial charge in [-0.3, -0.25) is 19.2 Å². The molecular weight excluding hydrogens is 841 g/mol. The molecule has 4 unspecified atom stereocenters. The Morgan fingerprint density at radius 3 is 1.30 bits per heavy atom. The van der Waals surface area contributed by atoms with Crippen molar-refractivity contribution < 1.29 is 36.0 Å². The average molecular weight is 909 g/mol. The Balaban J connectivity index is 0.000000189. The van der Waals surface area contributed by atoms with E-state index in [4.69, 9.17) is 22.9 Å². The minimum Gasteiger partial charge on any atom is -0.398 e. The van der Waals surface area contributed by atoms with Crippen LogP contribution in [0.5, 0.6) is 0 Å². The SMILES string of the molecule is CCN(C(C)(C)C(=O)CC1C2CC3CC1CC(C(N)=O)(C3)C2)S(=O)(=O)c1ccccc1N.CN(C(C)(C)C(=O)CC1C2CC3CC1CC(C(N)=O)(C3)C2)S(=O)(=O)c1ccccc1N. The number of carbonyl (C=O) groups is 4. The number of sulfonamides is 2. The molecule has 8 fully saturated rings. The monoisotopic (exact) mass is 908 g/mol. The van der Waals surface area contributed by atoms with E-state index in [9.17, 15) is 36.0 Å². The summed E-state index contributed by atoms with van der Waals surface area (Å²) in [6.45, 7) is 8.61. The Morgan fingerprint density at radius 2 is 0.952 bits per heavy atom. The number of Topliss-reactive ketones (excluding diaryl/α,β-unsaturated/α-hetero) is 2. The van der Waals surface area contributed by atoms with Crippen molar-refractivity contribution in [1.29, 1.82) is 0 Å². The Kier molecular flexibility index (Phi) is 12.4. The predicted molar refractivity (Wildman–Crippen MR) is 241 cm³/mol. The highest BCUT2D eigenvalue weighted by molar-refractivity contribution is 7.89. The fourth-order valence-corrected chi connectivity index (χ4v) is 17.1. The summed E-state index contributed by atoms with van der Waals surface area (Å²) in [6.07, 6.45) is 9.67. The van der Waals surface area contributed by atoms with Crippen LogP contribution in [0.4, 0.5) is 11.4 Å². The Labute approximate surface area is 373 Å². The lowest BCUT2D eigenvalue weighted by atomic mass is 9.45. The molecule has 0 saturated heterocycles. The van der Waals surface area contributed by atoms with E-state index in [1.54, 1.807) is 71.0 Å². The molecule has 0 aliphatic heterocycles. The summed E-state index contributed by atoms with van der Waals surface area (Å²) in [5.74, 6) is 2.10. The first-order chi connectivity index (χ1) is 29.3. The molecule has 8 N–H and O–H groups in total. The van der Waals surface area contributed by atoms with Gasteiger partial charge < -0.3 is 22.9 Å². The van der Waals surface area contributed by atoms with Crippen LogP contribution in [0.25, 0.3) is 0 Å². The molecule has 0 spiro atoms. The second-order valence-corrected chi connectivity index (χ2v) is 24.9. The van der Waals surface area contributed by atoms with Gasteiger partial charge in [0.15, 0.2) is 11.6 Å². The highest BCUT2D eigenvalue weighted by Crippen LogP contribution is 2.64. The fraction of sp³-hybridized carbons (Fsp3) is 0.660. The standard InChI is InChI=1S/C24H35N3O4S.C23H33N3O4S/c1-4-27(32(30,31)20-8-6-5-7-19(20)25)23(2,3)21(28)11-18-16-9-15-10-17(18)14-24(12-15,13-16)22(26)29;1-22(2,26(3)31(29,30)19-7-5-4-6-18(19)24)20(27)10-17-15-8-14-9-16(17)13-23(11-14,12-15)21(25)28/h5-8,15-18H,4,9-14,25H2,1-3H3,(H2,26,29);4-7,14-17H,8-13,24H2,1-3H3,(H2,25,28). The van der Waals surface area contributed by atoms with Gasteiger partial charge in [-0.05, 0) is 164 Å². The van der Waals surface area contributed by atoms with E-state index in [0.717, 1.165) is 68.5 Å². The third-order valence-corrected chi connectivity index (χ3v) is 21.3. The summed E-state index contributed by atoms with van der Waals surface area (Å²) in [5.41, 5.74) is 20.6. The maximum absolute atomic E-state index is 13.6. The molecule has 10 rings (SSSR count). The van der Waals surface area contributed by atoms with Crippen molar-refractivity contribution in [2.24, 2.45) is 69.6 Å². The molecule has 2 aromatic carbocycles. The van der Waals surface area contributed by atoms with E-state index in [1.807, 2.05) is 0 Å². The van der Waals surface area contributed by atoms with E-state index in [-0.39, 0.29) is 62.9 Å². The van der Waals surface area contributed by atoms with E-state index >= 15 is 0 Å². The number of hydrogen-bond acceptors (Lipinski definition) is 10. The third kappa shape index (κ3) is 8.13. The zero-order valence-electron chi connectivity index (χ0n) is 37.7. The van der Waals surface area contributed by atoms with E-state index in [2.05, 4.69) is 0 Å². The number of nitrogen functional groups attached to an aromatic ring is 2. The molecule has 4 atom stereocenters. The zero-order valence-corrected chi connectivity index (χ0v) is 39.3. The Morgan fingerprint density at radius 1 is 0.603 bits per heavy atom. The van der Waals surface area contributed by atoms with Crippen molar-refractivity contribution in [1.82, 2.24) is 8.61 Å². The molecule has 0 heterocycles. The van der Waals surface area contributed by atoms with Crippen molar-refractivity contribution in [3.63, 3.8) is 0 Å². The lowest BCUT2D eigenvalue weighted by Gasteiger charge is -2.59. The second-order valence-electron chi connectivity index (χ2n) is 21.1. The molecule has 2 amide bonds. The van der Waals surface area contributed by atoms with Crippen LogP contribution in [0, 0.1) is 58.2 Å². The van der Waals surface area contributed by atoms with Crippen LogP contribution < -0.4 is 22.9 Å². The number of para-hydroxylation sites is 2. The van der Waals surface area contributed by atoms with Crippen molar-refractivity contribution in [3.05, 3.63) is 48.5 Å². The smallest absolute Gasteiger partial charge is 0.246 e. The minimum atomic E-state index is -3.94. The molecule has 14 nitrogen and oxygen atoms in total. The fourth-order valence-electron chi connectivity index (χ4n) is 13.6. The number of anilines is 2. The van der Waals surface area contributed by atoms with Gasteiger partial charge in [0.25, 0.3) is 0 Å². The Bertz CT molecular complexity index is 2350. The van der Waals surface area contributed by atoms with Crippen molar-refractivity contribution in [3.8, 4) is 0 Å². The molecule has 2 aromatic rings. The summed E-state index contributed by atoms with van der Waals surface area (Å²) >= 11 is 0. The van der Waals surface area contributed by atoms with Crippen LogP contribution in [0.1, 0.15) is 112 Å². The highest BCUT2D eigenvalue weighted by atomic mass is 32.2. The summed E-state index contributed by atoms with van der Waals surface area (Å²) in [6, 6.07) is 12.7. The quantitative estimate of drug-likeness (QED) is 0.163. The summed E-state index contributed by atoms with van der Waals surface area (Å²) < 4.78 is 55.7. The summed E-state index contributed by atoms with van der Waals surface area (Å²) in [7, 11) is -6.43. The number of ketones is 2. The second kappa shape index (κ2) is 16.5. The van der Waals surface area contributed by atoms with Gasteiger partial charge in [-0.2, -0.15) is 8.61 Å². The molecule has 0 aromatic heterocycles. The zero-order chi connectivity index (χ0) is 46.2. The van der Waals surface area contributed by atoms with E-state index < -0.39 is 42.0 Å². The summed E-state index contributed by atoms with van der Waals surface area (Å²) in [4.78, 5) is 51.5. The van der Waals surface area contributed by atoms with Crippen molar-refractivity contribution in [2.45, 2.75) is 133 Å². The number of amides is 2. The topological polar surface area (TPSA) is 247 Å². The predicted octanol–water partition coefficient (Wildman–Crippen LogP) is 5.50. The molecule has 346 valence electrons. The Hall–Kier alpha value is -3.86. The van der Waals surface area contributed by atoms with Crippen LogP contribution in [0.15, 0.2) is 58.3 Å². The van der Waals surface area contributed by atoms with Crippen molar-refractivity contribution >= 4 is 54.8 Å². The molecule has 16 heteroatoms. The number of nitrogens with zero attached hydrogens (tertiary/aromatic N) is 2. The van der Waals surface area contributed by atoms with Crippen molar-refractivity contribution in [2.75, 3.05) is 25.1 Å². The van der Waals surface area contributed by atoms with Gasteiger partial charge >= 0.3 is 0 Å². The number of nitrogens with two attached hydrogens (primary N) is 4. The molecule has 8 aliphatic carbocycles. The highest BCUT2D eigenvalue weighted by Gasteiger charge is 2.60. The number of hydrogen-bond donors (Lipinski definition) is 4. The van der Waals surface area contributed by atoms with Crippen LogP contribution in [0.2, 0.25) is 0 Å². The molecule has 8 saturated carbocycles. The van der Waals surface area contributed by atoms with Crippen LogP contribution in [0.3, 0.4) is 0 Å². The number of benzene rings is 2. The van der Waals surface area contributed by atoms with Crippen LogP contribution in [-0.2, 0) is 39.2 Å². The maximum Gasteiger partial charge on any atom is 0.246 e. The maximum atomic E-state index is 13.6. The first kappa shape index (κ1) is 47.1. The van der Waals surface area contributed by atoms with Gasteiger partial charge in [-0.25, -0.2) is 16.8 Å². The number of carbonyl (C=O) groups excluding carboxylic acids is 4. The van der Waals surface area contributed by atoms with Gasteiger partial charge in [0.1, 0.15) is 9.79 Å². The number of primary amides is 2. The normalized spacial score (nSPS) is 32.1. The van der Waals surface area contributed by atoms with Gasteiger partial charge in [-0.15, -0.1) is 0 Å². The van der Waals surface area contributed by atoms with Crippen LogP contribution >= 0.6 is 0 Å². The number of likely N-dealkylation sites (N-methyl/N-ethyl adjacent to an activating group) is 2. The average Bonchev–Trinajstić information content (AvgIpc) is 3.20. The number of rotatable bonds is 15. The molecule has 8 aliphatic rings. The summed E-state index contributed by atoms with van der Waals surface area (Å²) in [5, 5.41) is 0. The lowest BCUT2D eigenvalue weighted by Crippen LogP contribution is -2.58. The molecular formula is C47H68N6O8S2. The van der Waals surface area contributed by atoms with Gasteiger partial charge in [0.05, 0.1) is 22.5 Å². The molecule has 8 bridgehead atoms. The van der Waals surface area contributed by atoms with Gasteiger partial charge in [0, 0.05) is 37.3 Å². The van der Waals surface area contributed by atoms with E-state index in [1.165, 1.54) is 23.5 Å². The lowest BCUT2D eigenvalue weighted by molar-refractivity contribution is -0.153. The molecule has 0 radical (unpaired) electrons. The van der Waals surface area contributed by atoms with E-state index in [0.29, 0.717) is 48.3 Å². The first-order valence-electron chi connectivity index (χ1n) is 22.7. The van der Waals surface area contributed by atoms with Crippen LogP contribution in [-0.4, -0.2) is 73.5 Å².